The highest BCUT2D eigenvalue weighted by atomic mass is 16.5. The van der Waals surface area contributed by atoms with Crippen molar-refractivity contribution >= 4 is 29.1 Å². The molecule has 39 heavy (non-hydrogen) atoms. The highest BCUT2D eigenvalue weighted by molar-refractivity contribution is 6.25. The topological polar surface area (TPSA) is 191 Å². The first-order chi connectivity index (χ1) is 18.1. The number of primary amides is 1. The van der Waals surface area contributed by atoms with Gasteiger partial charge in [0, 0.05) is 37.7 Å². The molecule has 210 valence electrons. The van der Waals surface area contributed by atoms with E-state index in [1.807, 2.05) is 0 Å². The molecule has 0 heterocycles. The fraction of sp³-hybridized carbons (Fsp3) is 0.481. The molecule has 1 aromatic carbocycles. The third-order valence-corrected chi connectivity index (χ3v) is 8.10. The molecule has 0 saturated heterocycles. The molecule has 4 rings (SSSR count). The molecule has 3 aliphatic rings. The van der Waals surface area contributed by atoms with E-state index in [2.05, 4.69) is 0 Å². The van der Waals surface area contributed by atoms with Crippen molar-refractivity contribution in [3.63, 3.8) is 0 Å². The standard InChI is InChI=1S/C27H33N3O9/c1-7-13(32)39-23-15-10(2)14-11(29(3)4)8-9-12(31)16(14)21(33)17(15)24(35)27(38)19(23)20(30(5)6)22(34)18(25(27)36)26(28)37/h8-10,15,19-20,23,31,34-35,38H,7H2,1-6H3,(H2,28,37). The summed E-state index contributed by atoms with van der Waals surface area (Å²) in [7, 11) is 6.49. The van der Waals surface area contributed by atoms with Crippen molar-refractivity contribution in [2.24, 2.45) is 17.6 Å². The SMILES string of the molecule is CCC(=O)OC1C2C(=C(O)C3(O)C(=O)C(C(N)=O)=C(O)C(N(C)C)C13)C(=O)c1c(O)ccc(N(C)C)c1C2C. The lowest BCUT2D eigenvalue weighted by molar-refractivity contribution is -0.180. The van der Waals surface area contributed by atoms with Gasteiger partial charge >= 0.3 is 5.97 Å². The first-order valence-corrected chi connectivity index (χ1v) is 12.5. The Bertz CT molecular complexity index is 1360. The third-order valence-electron chi connectivity index (χ3n) is 8.10. The molecule has 12 heteroatoms. The van der Waals surface area contributed by atoms with Gasteiger partial charge in [-0.25, -0.2) is 0 Å². The normalized spacial score (nSPS) is 30.1. The zero-order chi connectivity index (χ0) is 29.3. The van der Waals surface area contributed by atoms with Gasteiger partial charge in [0.05, 0.1) is 17.5 Å². The highest BCUT2D eigenvalue weighted by Gasteiger charge is 2.68. The molecule has 12 nitrogen and oxygen atoms in total. The zero-order valence-electron chi connectivity index (χ0n) is 22.6. The van der Waals surface area contributed by atoms with Crippen molar-refractivity contribution in [1.29, 1.82) is 0 Å². The van der Waals surface area contributed by atoms with E-state index in [0.29, 0.717) is 11.3 Å². The van der Waals surface area contributed by atoms with Crippen molar-refractivity contribution in [2.75, 3.05) is 33.1 Å². The van der Waals surface area contributed by atoms with Crippen LogP contribution in [0.3, 0.4) is 0 Å². The molecule has 0 spiro atoms. The number of nitrogens with zero attached hydrogens (tertiary/aromatic N) is 2. The van der Waals surface area contributed by atoms with Crippen LogP contribution in [0.2, 0.25) is 0 Å². The summed E-state index contributed by atoms with van der Waals surface area (Å²) in [6, 6.07) is 1.62. The van der Waals surface area contributed by atoms with Crippen LogP contribution in [0.1, 0.15) is 42.1 Å². The smallest absolute Gasteiger partial charge is 0.305 e. The molecule has 0 fully saturated rings. The predicted molar refractivity (Wildman–Crippen MR) is 138 cm³/mol. The summed E-state index contributed by atoms with van der Waals surface area (Å²) in [5.41, 5.74) is 1.95. The predicted octanol–water partition coefficient (Wildman–Crippen LogP) is 0.679. The van der Waals surface area contributed by atoms with Crippen molar-refractivity contribution in [2.45, 2.75) is 43.9 Å². The first-order valence-electron chi connectivity index (χ1n) is 12.5. The van der Waals surface area contributed by atoms with Crippen LogP contribution in [0.15, 0.2) is 34.8 Å². The Balaban J connectivity index is 2.14. The van der Waals surface area contributed by atoms with E-state index in [-0.39, 0.29) is 17.7 Å². The van der Waals surface area contributed by atoms with Gasteiger partial charge in [0.1, 0.15) is 28.9 Å². The summed E-state index contributed by atoms with van der Waals surface area (Å²) >= 11 is 0. The Morgan fingerprint density at radius 3 is 2.23 bits per heavy atom. The second-order valence-corrected chi connectivity index (χ2v) is 10.7. The molecule has 1 amide bonds. The molecule has 6 atom stereocenters. The number of carbonyl (C=O) groups is 4. The number of aliphatic hydroxyl groups is 3. The van der Waals surface area contributed by atoms with Gasteiger partial charge in [-0.15, -0.1) is 0 Å². The highest BCUT2D eigenvalue weighted by Crippen LogP contribution is 2.57. The Labute approximate surface area is 224 Å². The van der Waals surface area contributed by atoms with Gasteiger partial charge in [-0.05, 0) is 37.7 Å². The van der Waals surface area contributed by atoms with Crippen molar-refractivity contribution in [3.05, 3.63) is 45.9 Å². The molecule has 1 aromatic rings. The number of anilines is 1. The summed E-state index contributed by atoms with van der Waals surface area (Å²) < 4.78 is 5.83. The maximum Gasteiger partial charge on any atom is 0.305 e. The molecule has 3 aliphatic carbocycles. The molecule has 0 aromatic heterocycles. The van der Waals surface area contributed by atoms with Crippen LogP contribution in [0.4, 0.5) is 5.69 Å². The van der Waals surface area contributed by atoms with Crippen LogP contribution in [0.25, 0.3) is 0 Å². The van der Waals surface area contributed by atoms with E-state index < -0.39 is 81.6 Å². The number of Topliss-reactive ketones (excluding diaryl/α,β-unsaturated/α-hetero) is 2. The second-order valence-electron chi connectivity index (χ2n) is 10.7. The lowest BCUT2D eigenvalue weighted by Gasteiger charge is -2.54. The van der Waals surface area contributed by atoms with Gasteiger partial charge in [0.25, 0.3) is 5.91 Å². The number of aliphatic hydroxyl groups excluding tert-OH is 2. The van der Waals surface area contributed by atoms with Gasteiger partial charge in [-0.1, -0.05) is 13.8 Å². The number of rotatable bonds is 5. The minimum absolute atomic E-state index is 0.0863. The van der Waals surface area contributed by atoms with Crippen molar-refractivity contribution < 1.29 is 44.3 Å². The number of ketones is 2. The number of phenols is 1. The van der Waals surface area contributed by atoms with Crippen molar-refractivity contribution in [3.8, 4) is 5.75 Å². The van der Waals surface area contributed by atoms with Crippen LogP contribution < -0.4 is 10.6 Å². The molecule has 6 unspecified atom stereocenters. The number of hydrogen-bond acceptors (Lipinski definition) is 11. The molecule has 6 N–H and O–H groups in total. The minimum atomic E-state index is -2.96. The molecule has 0 aliphatic heterocycles. The van der Waals surface area contributed by atoms with Crippen LogP contribution in [0, 0.1) is 11.8 Å². The molecule has 0 bridgehead atoms. The summed E-state index contributed by atoms with van der Waals surface area (Å²) in [4.78, 5) is 55.8. The van der Waals surface area contributed by atoms with E-state index >= 15 is 0 Å². The fourth-order valence-corrected chi connectivity index (χ4v) is 6.42. The molecule has 0 radical (unpaired) electrons. The number of aromatic hydroxyl groups is 1. The number of nitrogens with two attached hydrogens (primary N) is 1. The molecule has 0 saturated carbocycles. The Morgan fingerprint density at radius 2 is 1.72 bits per heavy atom. The number of hydrogen-bond donors (Lipinski definition) is 5. The van der Waals surface area contributed by atoms with Gasteiger partial charge < -0.3 is 35.8 Å². The van der Waals surface area contributed by atoms with Crippen LogP contribution in [-0.4, -0.2) is 94.7 Å². The maximum atomic E-state index is 14.0. The van der Waals surface area contributed by atoms with Crippen LogP contribution in [0.5, 0.6) is 5.75 Å². The van der Waals surface area contributed by atoms with E-state index in [9.17, 15) is 39.6 Å². The average Bonchev–Trinajstić information content (AvgIpc) is 2.84. The first kappa shape index (κ1) is 28.1. The summed E-state index contributed by atoms with van der Waals surface area (Å²) in [6.07, 6.45) is -1.51. The maximum absolute atomic E-state index is 14.0. The van der Waals surface area contributed by atoms with E-state index in [1.54, 1.807) is 32.0 Å². The zero-order valence-corrected chi connectivity index (χ0v) is 22.6. The number of amides is 1. The number of benzene rings is 1. The quantitative estimate of drug-likeness (QED) is 0.259. The van der Waals surface area contributed by atoms with Gasteiger partial charge in [-0.2, -0.15) is 0 Å². The van der Waals surface area contributed by atoms with Gasteiger partial charge in [0.15, 0.2) is 11.4 Å². The lowest BCUT2D eigenvalue weighted by Crippen LogP contribution is -2.69. The average molecular weight is 544 g/mol. The number of fused-ring (bicyclic) bond motifs is 3. The number of ether oxygens (including phenoxy) is 1. The van der Waals surface area contributed by atoms with Gasteiger partial charge in [-0.3, -0.25) is 24.1 Å². The van der Waals surface area contributed by atoms with E-state index in [4.69, 9.17) is 10.5 Å². The summed E-state index contributed by atoms with van der Waals surface area (Å²) in [6.45, 7) is 3.25. The van der Waals surface area contributed by atoms with Crippen LogP contribution in [-0.2, 0) is 19.1 Å². The fourth-order valence-electron chi connectivity index (χ4n) is 6.42. The summed E-state index contributed by atoms with van der Waals surface area (Å²) in [5.74, 6) is -9.84. The molecular formula is C27H33N3O9. The number of phenolic OH excluding ortho intramolecular Hbond substituents is 1. The monoisotopic (exact) mass is 543 g/mol. The van der Waals surface area contributed by atoms with Crippen LogP contribution >= 0.6 is 0 Å². The number of esters is 1. The summed E-state index contributed by atoms with van der Waals surface area (Å²) in [5, 5.41) is 45.4. The number of likely N-dealkylation sites (N-methyl/N-ethyl adjacent to an activating group) is 1. The third kappa shape index (κ3) is 3.73. The second kappa shape index (κ2) is 9.38. The Hall–Kier alpha value is -3.90. The Morgan fingerprint density at radius 1 is 1.10 bits per heavy atom. The van der Waals surface area contributed by atoms with E-state index in [0.717, 1.165) is 0 Å². The minimum Gasteiger partial charge on any atom is -0.510 e. The van der Waals surface area contributed by atoms with Crippen molar-refractivity contribution in [1.82, 2.24) is 4.90 Å². The lowest BCUT2D eigenvalue weighted by atomic mass is 9.55. The number of carbonyl (C=O) groups excluding carboxylic acids is 4. The molecular weight excluding hydrogens is 510 g/mol. The largest absolute Gasteiger partial charge is 0.510 e. The Kier molecular flexibility index (Phi) is 6.76. The van der Waals surface area contributed by atoms with E-state index in [1.165, 1.54) is 32.0 Å². The van der Waals surface area contributed by atoms with Gasteiger partial charge in [0.2, 0.25) is 5.78 Å².